The average molecular weight is 279 g/mol. The lowest BCUT2D eigenvalue weighted by molar-refractivity contribution is -0.139. The number of nitrogens with zero attached hydrogens (tertiary/aromatic N) is 2. The molecule has 4 heteroatoms. The van der Waals surface area contributed by atoms with Gasteiger partial charge in [-0.05, 0) is 51.1 Å². The molecule has 1 amide bonds. The van der Waals surface area contributed by atoms with Crippen molar-refractivity contribution in [2.75, 3.05) is 26.2 Å². The van der Waals surface area contributed by atoms with E-state index in [4.69, 9.17) is 5.73 Å². The monoisotopic (exact) mass is 279 g/mol. The Kier molecular flexibility index (Phi) is 4.32. The Hall–Kier alpha value is -0.610. The molecule has 20 heavy (non-hydrogen) atoms. The van der Waals surface area contributed by atoms with Crippen molar-refractivity contribution < 1.29 is 4.79 Å². The van der Waals surface area contributed by atoms with Gasteiger partial charge in [0.1, 0.15) is 0 Å². The van der Waals surface area contributed by atoms with E-state index in [0.717, 1.165) is 38.9 Å². The van der Waals surface area contributed by atoms with Gasteiger partial charge in [-0.2, -0.15) is 0 Å². The van der Waals surface area contributed by atoms with Gasteiger partial charge in [0, 0.05) is 31.1 Å². The third kappa shape index (κ3) is 2.48. The highest BCUT2D eigenvalue weighted by atomic mass is 16.2. The Morgan fingerprint density at radius 1 is 1.15 bits per heavy atom. The molecule has 3 fully saturated rings. The molecule has 0 aromatic rings. The lowest BCUT2D eigenvalue weighted by Gasteiger charge is -2.32. The molecule has 2 saturated heterocycles. The summed E-state index contributed by atoms with van der Waals surface area (Å²) < 4.78 is 0. The fraction of sp³-hybridized carbons (Fsp3) is 0.938. The number of nitrogens with two attached hydrogens (primary N) is 1. The molecule has 2 aliphatic heterocycles. The van der Waals surface area contributed by atoms with Crippen molar-refractivity contribution >= 4 is 5.91 Å². The molecule has 114 valence electrons. The van der Waals surface area contributed by atoms with Gasteiger partial charge in [0.2, 0.25) is 5.91 Å². The van der Waals surface area contributed by atoms with Gasteiger partial charge in [-0.25, -0.2) is 0 Å². The highest BCUT2D eigenvalue weighted by Gasteiger charge is 2.44. The summed E-state index contributed by atoms with van der Waals surface area (Å²) in [4.78, 5) is 17.8. The van der Waals surface area contributed by atoms with E-state index in [0.29, 0.717) is 30.5 Å². The van der Waals surface area contributed by atoms with Crippen LogP contribution in [-0.2, 0) is 4.79 Å². The quantitative estimate of drug-likeness (QED) is 0.850. The van der Waals surface area contributed by atoms with Crippen LogP contribution in [0, 0.1) is 11.8 Å². The average Bonchev–Trinajstić information content (AvgIpc) is 3.02. The van der Waals surface area contributed by atoms with E-state index in [2.05, 4.69) is 16.7 Å². The number of fused-ring (bicyclic) bond motifs is 2. The van der Waals surface area contributed by atoms with E-state index in [1.807, 2.05) is 0 Å². The van der Waals surface area contributed by atoms with E-state index in [1.165, 1.54) is 19.3 Å². The predicted octanol–water partition coefficient (Wildman–Crippen LogP) is 1.45. The number of amides is 1. The number of carbonyl (C=O) groups is 1. The molecule has 3 rings (SSSR count). The fourth-order valence-corrected chi connectivity index (χ4v) is 4.63. The molecule has 2 heterocycles. The molecule has 4 nitrogen and oxygen atoms in total. The largest absolute Gasteiger partial charge is 0.335 e. The maximum absolute atomic E-state index is 13.0. The van der Waals surface area contributed by atoms with Crippen LogP contribution in [0.25, 0.3) is 0 Å². The summed E-state index contributed by atoms with van der Waals surface area (Å²) in [6, 6.07) is 0.969. The van der Waals surface area contributed by atoms with E-state index >= 15 is 0 Å². The summed E-state index contributed by atoms with van der Waals surface area (Å²) in [7, 11) is 0. The van der Waals surface area contributed by atoms with Gasteiger partial charge in [0.25, 0.3) is 0 Å². The summed E-state index contributed by atoms with van der Waals surface area (Å²) in [5.41, 5.74) is 5.87. The van der Waals surface area contributed by atoms with Gasteiger partial charge in [-0.3, -0.25) is 4.79 Å². The van der Waals surface area contributed by atoms with Crippen molar-refractivity contribution in [1.82, 2.24) is 9.80 Å². The van der Waals surface area contributed by atoms with Crippen molar-refractivity contribution in [2.24, 2.45) is 17.6 Å². The standard InChI is InChI=1S/C16H29N3O/c1-2-18-9-8-13-6-7-14(11-18)19(13)16(20)15-5-3-4-12(15)10-17/h12-15H,2-11,17H2,1H3/t12-,13?,14?,15-/m1/s1. The molecule has 2 unspecified atom stereocenters. The van der Waals surface area contributed by atoms with Crippen LogP contribution in [0.2, 0.25) is 0 Å². The summed E-state index contributed by atoms with van der Waals surface area (Å²) in [6.07, 6.45) is 6.98. The van der Waals surface area contributed by atoms with Crippen molar-refractivity contribution in [3.63, 3.8) is 0 Å². The molecule has 2 N–H and O–H groups in total. The van der Waals surface area contributed by atoms with Crippen LogP contribution in [-0.4, -0.2) is 54.0 Å². The first kappa shape index (κ1) is 14.3. The molecule has 1 saturated carbocycles. The number of rotatable bonds is 3. The van der Waals surface area contributed by atoms with Gasteiger partial charge in [-0.15, -0.1) is 0 Å². The van der Waals surface area contributed by atoms with E-state index in [-0.39, 0.29) is 5.92 Å². The maximum Gasteiger partial charge on any atom is 0.226 e. The smallest absolute Gasteiger partial charge is 0.226 e. The zero-order valence-electron chi connectivity index (χ0n) is 12.8. The summed E-state index contributed by atoms with van der Waals surface area (Å²) in [6.45, 7) is 6.26. The predicted molar refractivity (Wildman–Crippen MR) is 80.3 cm³/mol. The highest BCUT2D eigenvalue weighted by Crippen LogP contribution is 2.37. The first-order valence-electron chi connectivity index (χ1n) is 8.49. The van der Waals surface area contributed by atoms with Crippen molar-refractivity contribution in [3.05, 3.63) is 0 Å². The van der Waals surface area contributed by atoms with Gasteiger partial charge < -0.3 is 15.5 Å². The lowest BCUT2D eigenvalue weighted by Crippen LogP contribution is -2.47. The topological polar surface area (TPSA) is 49.6 Å². The number of hydrogen-bond donors (Lipinski definition) is 1. The Morgan fingerprint density at radius 2 is 1.95 bits per heavy atom. The normalized spacial score (nSPS) is 38.2. The molecular weight excluding hydrogens is 250 g/mol. The third-order valence-corrected chi connectivity index (χ3v) is 5.85. The van der Waals surface area contributed by atoms with Gasteiger partial charge in [0.05, 0.1) is 0 Å². The SMILES string of the molecule is CCN1CCC2CCC(C1)N2C(=O)[C@@H]1CCC[C@@H]1CN. The molecule has 4 atom stereocenters. The van der Waals surface area contributed by atoms with E-state index < -0.39 is 0 Å². The first-order chi connectivity index (χ1) is 9.74. The van der Waals surface area contributed by atoms with Crippen molar-refractivity contribution in [2.45, 2.75) is 57.5 Å². The zero-order valence-corrected chi connectivity index (χ0v) is 12.8. The number of hydrogen-bond acceptors (Lipinski definition) is 3. The molecule has 2 bridgehead atoms. The minimum Gasteiger partial charge on any atom is -0.335 e. The molecule has 3 aliphatic rings. The second-order valence-corrected chi connectivity index (χ2v) is 6.85. The number of likely N-dealkylation sites (N-methyl/N-ethyl adjacent to an activating group) is 1. The highest BCUT2D eigenvalue weighted by molar-refractivity contribution is 5.80. The molecular formula is C16H29N3O. The Bertz CT molecular complexity index is 360. The molecule has 0 aromatic heterocycles. The van der Waals surface area contributed by atoms with Gasteiger partial charge in [0.15, 0.2) is 0 Å². The van der Waals surface area contributed by atoms with E-state index in [9.17, 15) is 4.79 Å². The van der Waals surface area contributed by atoms with E-state index in [1.54, 1.807) is 0 Å². The van der Waals surface area contributed by atoms with Crippen LogP contribution in [0.4, 0.5) is 0 Å². The lowest BCUT2D eigenvalue weighted by atomic mass is 9.94. The number of likely N-dealkylation sites (tertiary alicyclic amines) is 1. The molecule has 1 aliphatic carbocycles. The minimum atomic E-state index is 0.219. The van der Waals surface area contributed by atoms with Crippen molar-refractivity contribution in [3.8, 4) is 0 Å². The van der Waals surface area contributed by atoms with Crippen LogP contribution < -0.4 is 5.73 Å². The van der Waals surface area contributed by atoms with Crippen LogP contribution in [0.1, 0.15) is 45.4 Å². The van der Waals surface area contributed by atoms with Gasteiger partial charge >= 0.3 is 0 Å². The molecule has 0 radical (unpaired) electrons. The fourth-order valence-electron chi connectivity index (χ4n) is 4.63. The second-order valence-electron chi connectivity index (χ2n) is 6.85. The summed E-state index contributed by atoms with van der Waals surface area (Å²) in [5, 5.41) is 0. The molecule has 0 aromatic carbocycles. The maximum atomic E-state index is 13.0. The Morgan fingerprint density at radius 3 is 2.70 bits per heavy atom. The first-order valence-corrected chi connectivity index (χ1v) is 8.49. The van der Waals surface area contributed by atoms with Crippen molar-refractivity contribution in [1.29, 1.82) is 0 Å². The number of carbonyl (C=O) groups excluding carboxylic acids is 1. The Labute approximate surface area is 122 Å². The zero-order chi connectivity index (χ0) is 14.1. The van der Waals surface area contributed by atoms with Crippen LogP contribution in [0.15, 0.2) is 0 Å². The second kappa shape index (κ2) is 6.02. The van der Waals surface area contributed by atoms with Crippen LogP contribution in [0.5, 0.6) is 0 Å². The van der Waals surface area contributed by atoms with Crippen LogP contribution >= 0.6 is 0 Å². The third-order valence-electron chi connectivity index (χ3n) is 5.85. The Balaban J connectivity index is 1.74. The molecule has 0 spiro atoms. The summed E-state index contributed by atoms with van der Waals surface area (Å²) >= 11 is 0. The minimum absolute atomic E-state index is 0.219. The van der Waals surface area contributed by atoms with Crippen LogP contribution in [0.3, 0.4) is 0 Å². The summed E-state index contributed by atoms with van der Waals surface area (Å²) in [5.74, 6) is 1.09. The van der Waals surface area contributed by atoms with Gasteiger partial charge in [-0.1, -0.05) is 13.3 Å².